The fourth-order valence-electron chi connectivity index (χ4n) is 4.42. The Kier molecular flexibility index (Phi) is 9.44. The molecule has 1 fully saturated rings. The Labute approximate surface area is 233 Å². The zero-order valence-corrected chi connectivity index (χ0v) is 23.0. The van der Waals surface area contributed by atoms with E-state index in [9.17, 15) is 18.0 Å². The van der Waals surface area contributed by atoms with Gasteiger partial charge >= 0.3 is 0 Å². The van der Waals surface area contributed by atoms with Gasteiger partial charge in [-0.2, -0.15) is 0 Å². The number of carbonyl (C=O) groups excluding carboxylic acids is 2. The van der Waals surface area contributed by atoms with Crippen molar-refractivity contribution < 1.29 is 18.0 Å². The second kappa shape index (κ2) is 12.8. The van der Waals surface area contributed by atoms with E-state index in [1.165, 1.54) is 10.4 Å². The average molecular weight is 575 g/mol. The van der Waals surface area contributed by atoms with E-state index in [-0.39, 0.29) is 29.1 Å². The number of rotatable bonds is 9. The van der Waals surface area contributed by atoms with Crippen LogP contribution < -0.4 is 10.6 Å². The summed E-state index contributed by atoms with van der Waals surface area (Å²) in [4.78, 5) is 26.0. The van der Waals surface area contributed by atoms with Gasteiger partial charge in [-0.25, -0.2) is 12.7 Å². The van der Waals surface area contributed by atoms with Crippen LogP contribution in [0.15, 0.2) is 72.8 Å². The van der Waals surface area contributed by atoms with E-state index in [2.05, 4.69) is 10.6 Å². The van der Waals surface area contributed by atoms with Crippen LogP contribution in [-0.2, 0) is 27.0 Å². The van der Waals surface area contributed by atoms with Gasteiger partial charge < -0.3 is 10.6 Å². The third-order valence-corrected chi connectivity index (χ3v) is 8.85. The molecule has 0 aliphatic carbocycles. The molecule has 38 heavy (non-hydrogen) atoms. The Morgan fingerprint density at radius 3 is 2.47 bits per heavy atom. The summed E-state index contributed by atoms with van der Waals surface area (Å²) in [6.45, 7) is 0.848. The summed E-state index contributed by atoms with van der Waals surface area (Å²) in [5, 5.41) is 6.46. The molecule has 4 rings (SSSR count). The van der Waals surface area contributed by atoms with Crippen molar-refractivity contribution in [1.82, 2.24) is 9.62 Å². The van der Waals surface area contributed by atoms with Crippen molar-refractivity contribution in [2.24, 2.45) is 5.92 Å². The standard InChI is InChI=1S/C28H29Cl2N3O4S/c29-23-13-12-22(25(30)17-23)19-38(36,37)33-16-6-9-21(18-33)27(34)32-26-11-5-4-10-24(26)28(35)31-15-14-20-7-2-1-3-8-20/h1-5,7-8,10-13,17,21H,6,9,14-16,18-19H2,(H,31,35)(H,32,34)/t21-/m0/s1. The third-order valence-electron chi connectivity index (χ3n) is 6.47. The fraction of sp³-hybridized carbons (Fsp3) is 0.286. The summed E-state index contributed by atoms with van der Waals surface area (Å²) in [6.07, 6.45) is 1.78. The first-order valence-corrected chi connectivity index (χ1v) is 14.7. The van der Waals surface area contributed by atoms with Gasteiger partial charge in [-0.3, -0.25) is 9.59 Å². The van der Waals surface area contributed by atoms with Crippen LogP contribution in [0.2, 0.25) is 10.0 Å². The highest BCUT2D eigenvalue weighted by molar-refractivity contribution is 7.88. The van der Waals surface area contributed by atoms with Crippen LogP contribution >= 0.6 is 23.2 Å². The molecule has 1 aliphatic heterocycles. The van der Waals surface area contributed by atoms with Crippen LogP contribution in [0, 0.1) is 5.92 Å². The molecule has 0 unspecified atom stereocenters. The minimum Gasteiger partial charge on any atom is -0.352 e. The second-order valence-corrected chi connectivity index (χ2v) is 12.0. The number of nitrogens with one attached hydrogen (secondary N) is 2. The molecular weight excluding hydrogens is 545 g/mol. The van der Waals surface area contributed by atoms with Crippen molar-refractivity contribution >= 4 is 50.7 Å². The van der Waals surface area contributed by atoms with Gasteiger partial charge in [0, 0.05) is 29.7 Å². The molecule has 0 spiro atoms. The molecule has 0 radical (unpaired) electrons. The van der Waals surface area contributed by atoms with Crippen LogP contribution in [0.1, 0.15) is 34.3 Å². The van der Waals surface area contributed by atoms with Gasteiger partial charge in [0.2, 0.25) is 15.9 Å². The van der Waals surface area contributed by atoms with Crippen molar-refractivity contribution in [2.45, 2.75) is 25.0 Å². The molecule has 10 heteroatoms. The van der Waals surface area contributed by atoms with E-state index >= 15 is 0 Å². The smallest absolute Gasteiger partial charge is 0.253 e. The molecule has 0 aromatic heterocycles. The number of halogens is 2. The highest BCUT2D eigenvalue weighted by Gasteiger charge is 2.33. The number of hydrogen-bond acceptors (Lipinski definition) is 4. The molecule has 0 bridgehead atoms. The Bertz CT molecular complexity index is 1400. The van der Waals surface area contributed by atoms with E-state index in [1.807, 2.05) is 30.3 Å². The zero-order chi connectivity index (χ0) is 27.1. The first-order chi connectivity index (χ1) is 18.2. The highest BCUT2D eigenvalue weighted by atomic mass is 35.5. The lowest BCUT2D eigenvalue weighted by Crippen LogP contribution is -2.44. The number of anilines is 1. The van der Waals surface area contributed by atoms with Crippen molar-refractivity contribution in [2.75, 3.05) is 25.0 Å². The molecule has 1 heterocycles. The lowest BCUT2D eigenvalue weighted by molar-refractivity contribution is -0.120. The van der Waals surface area contributed by atoms with Crippen LogP contribution in [0.25, 0.3) is 0 Å². The molecule has 1 atom stereocenters. The predicted molar refractivity (Wildman–Crippen MR) is 151 cm³/mol. The first-order valence-electron chi connectivity index (χ1n) is 12.4. The molecule has 1 aliphatic rings. The molecular formula is C28H29Cl2N3O4S. The van der Waals surface area contributed by atoms with E-state index in [4.69, 9.17) is 23.2 Å². The lowest BCUT2D eigenvalue weighted by atomic mass is 9.98. The van der Waals surface area contributed by atoms with Crippen molar-refractivity contribution in [3.63, 3.8) is 0 Å². The molecule has 0 saturated carbocycles. The van der Waals surface area contributed by atoms with Gasteiger partial charge in [0.1, 0.15) is 0 Å². The summed E-state index contributed by atoms with van der Waals surface area (Å²) in [5.41, 5.74) is 2.31. The Morgan fingerprint density at radius 2 is 1.71 bits per heavy atom. The van der Waals surface area contributed by atoms with Crippen LogP contribution in [0.3, 0.4) is 0 Å². The maximum atomic E-state index is 13.2. The van der Waals surface area contributed by atoms with Crippen LogP contribution in [0.5, 0.6) is 0 Å². The van der Waals surface area contributed by atoms with Crippen molar-refractivity contribution in [3.8, 4) is 0 Å². The number of benzene rings is 3. The average Bonchev–Trinajstić information content (AvgIpc) is 2.91. The van der Waals surface area contributed by atoms with E-state index in [1.54, 1.807) is 36.4 Å². The van der Waals surface area contributed by atoms with Crippen LogP contribution in [0.4, 0.5) is 5.69 Å². The topological polar surface area (TPSA) is 95.6 Å². The van der Waals surface area contributed by atoms with E-state index in [0.717, 1.165) is 5.56 Å². The predicted octanol–water partition coefficient (Wildman–Crippen LogP) is 5.15. The van der Waals surface area contributed by atoms with Gasteiger partial charge in [-0.15, -0.1) is 0 Å². The SMILES string of the molecule is O=C(NCCc1ccccc1)c1ccccc1NC(=O)[C@H]1CCCN(S(=O)(=O)Cc2ccc(Cl)cc2Cl)C1. The molecule has 7 nitrogen and oxygen atoms in total. The summed E-state index contributed by atoms with van der Waals surface area (Å²) in [5.74, 6) is -1.43. The summed E-state index contributed by atoms with van der Waals surface area (Å²) in [7, 11) is -3.70. The number of amides is 2. The molecule has 2 amide bonds. The summed E-state index contributed by atoms with van der Waals surface area (Å²) >= 11 is 12.1. The zero-order valence-electron chi connectivity index (χ0n) is 20.7. The van der Waals surface area contributed by atoms with Crippen molar-refractivity contribution in [1.29, 1.82) is 0 Å². The van der Waals surface area contributed by atoms with E-state index in [0.29, 0.717) is 54.2 Å². The quantitative estimate of drug-likeness (QED) is 0.370. The van der Waals surface area contributed by atoms with Gasteiger partial charge in [0.25, 0.3) is 5.91 Å². The fourth-order valence-corrected chi connectivity index (χ4v) is 6.62. The van der Waals surface area contributed by atoms with Gasteiger partial charge in [-0.05, 0) is 54.7 Å². The van der Waals surface area contributed by atoms with Gasteiger partial charge in [0.05, 0.1) is 22.9 Å². The summed E-state index contributed by atoms with van der Waals surface area (Å²) in [6, 6.07) is 21.3. The Hall–Kier alpha value is -2.91. The number of piperidine rings is 1. The Morgan fingerprint density at radius 1 is 0.974 bits per heavy atom. The van der Waals surface area contributed by atoms with Crippen LogP contribution in [-0.4, -0.2) is 44.2 Å². The lowest BCUT2D eigenvalue weighted by Gasteiger charge is -2.31. The molecule has 2 N–H and O–H groups in total. The number of hydrogen-bond donors (Lipinski definition) is 2. The monoisotopic (exact) mass is 573 g/mol. The number of nitrogens with zero attached hydrogens (tertiary/aromatic N) is 1. The number of sulfonamides is 1. The molecule has 3 aromatic rings. The van der Waals surface area contributed by atoms with Crippen molar-refractivity contribution in [3.05, 3.63) is 99.5 Å². The van der Waals surface area contributed by atoms with Gasteiger partial charge in [0.15, 0.2) is 0 Å². The highest BCUT2D eigenvalue weighted by Crippen LogP contribution is 2.27. The summed E-state index contributed by atoms with van der Waals surface area (Å²) < 4.78 is 27.6. The minimum atomic E-state index is -3.70. The first kappa shape index (κ1) is 28.1. The normalized spacial score (nSPS) is 16.1. The van der Waals surface area contributed by atoms with Gasteiger partial charge in [-0.1, -0.05) is 71.7 Å². The molecule has 3 aromatic carbocycles. The number of carbonyl (C=O) groups is 2. The molecule has 200 valence electrons. The minimum absolute atomic E-state index is 0.0603. The maximum Gasteiger partial charge on any atom is 0.253 e. The third kappa shape index (κ3) is 7.35. The molecule has 1 saturated heterocycles. The number of para-hydroxylation sites is 1. The Balaban J connectivity index is 1.38. The van der Waals surface area contributed by atoms with E-state index < -0.39 is 15.9 Å². The largest absolute Gasteiger partial charge is 0.352 e. The second-order valence-electron chi connectivity index (χ2n) is 9.22. The maximum absolute atomic E-state index is 13.2.